The Morgan fingerprint density at radius 2 is 2.08 bits per heavy atom. The van der Waals surface area contributed by atoms with Gasteiger partial charge in [0, 0.05) is 0 Å². The van der Waals surface area contributed by atoms with Crippen molar-refractivity contribution in [1.29, 1.82) is 0 Å². The summed E-state index contributed by atoms with van der Waals surface area (Å²) >= 11 is 0. The Morgan fingerprint density at radius 3 is 2.42 bits per heavy atom. The summed E-state index contributed by atoms with van der Waals surface area (Å²) in [7, 11) is -1.99. The molecule has 0 saturated carbocycles. The van der Waals surface area contributed by atoms with Crippen LogP contribution in [0.2, 0.25) is 0 Å². The molecular formula is C6H13NNaO3S-. The van der Waals surface area contributed by atoms with Crippen molar-refractivity contribution in [2.24, 2.45) is 0 Å². The second-order valence-corrected chi connectivity index (χ2v) is 3.47. The van der Waals surface area contributed by atoms with E-state index in [9.17, 15) is 8.42 Å². The Labute approximate surface area is 97.0 Å². The van der Waals surface area contributed by atoms with Crippen LogP contribution in [0.5, 0.6) is 0 Å². The molecule has 1 saturated heterocycles. The van der Waals surface area contributed by atoms with E-state index in [1.54, 1.807) is 4.31 Å². The van der Waals surface area contributed by atoms with Crippen molar-refractivity contribution in [2.75, 3.05) is 6.54 Å². The molecule has 1 rings (SSSR count). The van der Waals surface area contributed by atoms with E-state index in [1.807, 2.05) is 6.92 Å². The first kappa shape index (κ1) is 15.3. The van der Waals surface area contributed by atoms with Crippen LogP contribution < -0.4 is 29.6 Å². The molecule has 0 aromatic heterocycles. The zero-order valence-corrected chi connectivity index (χ0v) is 10.3. The van der Waals surface area contributed by atoms with Gasteiger partial charge in [-0.05, 0) is 42.7 Å². The minimum absolute atomic E-state index is 0. The Morgan fingerprint density at radius 1 is 1.50 bits per heavy atom. The Bertz CT molecular complexity index is 178. The molecule has 0 spiro atoms. The van der Waals surface area contributed by atoms with E-state index in [0.29, 0.717) is 6.54 Å². The van der Waals surface area contributed by atoms with Gasteiger partial charge in [0.05, 0.1) is 0 Å². The monoisotopic (exact) mass is 202 g/mol. The quantitative estimate of drug-likeness (QED) is 0.381. The average molecular weight is 202 g/mol. The van der Waals surface area contributed by atoms with Crippen LogP contribution in [-0.4, -0.2) is 22.4 Å². The van der Waals surface area contributed by atoms with Crippen molar-refractivity contribution in [3.05, 3.63) is 0 Å². The minimum Gasteiger partial charge on any atom is -0.870 e. The fourth-order valence-corrected chi connectivity index (χ4v) is 2.19. The van der Waals surface area contributed by atoms with Gasteiger partial charge in [-0.25, -0.2) is 0 Å². The van der Waals surface area contributed by atoms with E-state index in [2.05, 4.69) is 0 Å². The molecule has 1 aliphatic rings. The van der Waals surface area contributed by atoms with Crippen LogP contribution in [0, 0.1) is 0 Å². The van der Waals surface area contributed by atoms with E-state index in [4.69, 9.17) is 0 Å². The van der Waals surface area contributed by atoms with E-state index in [0.717, 1.165) is 19.3 Å². The summed E-state index contributed by atoms with van der Waals surface area (Å²) in [6, 6.07) is 0.276. The standard InChI is InChI=1S/C6H12NO2S.Na.H2O/c1-2-6-4-3-5-7(6)10(8)9;;/h6H,2-5H2,1H3;;1H2/q-1;+1;/p-1. The van der Waals surface area contributed by atoms with Crippen molar-refractivity contribution in [2.45, 2.75) is 32.2 Å². The number of hydrogen-bond donors (Lipinski definition) is 0. The van der Waals surface area contributed by atoms with E-state index in [1.165, 1.54) is 0 Å². The van der Waals surface area contributed by atoms with Crippen molar-refractivity contribution >= 4 is 10.9 Å². The molecule has 1 fully saturated rings. The molecule has 0 aromatic rings. The first-order valence-corrected chi connectivity index (χ1v) is 4.65. The van der Waals surface area contributed by atoms with E-state index < -0.39 is 10.9 Å². The van der Waals surface area contributed by atoms with E-state index >= 15 is 0 Å². The van der Waals surface area contributed by atoms with Gasteiger partial charge in [-0.15, -0.1) is 0 Å². The molecular weight excluding hydrogens is 189 g/mol. The van der Waals surface area contributed by atoms with Crippen LogP contribution >= 0.6 is 0 Å². The van der Waals surface area contributed by atoms with Crippen LogP contribution in [-0.2, 0) is 19.3 Å². The predicted octanol–water partition coefficient (Wildman–Crippen LogP) is -2.09. The third-order valence-electron chi connectivity index (χ3n) is 1.99. The van der Waals surface area contributed by atoms with Crippen LogP contribution in [0.1, 0.15) is 26.2 Å². The van der Waals surface area contributed by atoms with Gasteiger partial charge in [0.2, 0.25) is 0 Å². The Hall–Kier alpha value is 0.870. The smallest absolute Gasteiger partial charge is 0.870 e. The summed E-state index contributed by atoms with van der Waals surface area (Å²) in [4.78, 5) is 0. The van der Waals surface area contributed by atoms with Crippen LogP contribution in [0.15, 0.2) is 0 Å². The van der Waals surface area contributed by atoms with Crippen molar-refractivity contribution < 1.29 is 43.5 Å². The summed E-state index contributed by atoms with van der Waals surface area (Å²) in [5.41, 5.74) is 0. The molecule has 12 heavy (non-hydrogen) atoms. The molecule has 1 heterocycles. The van der Waals surface area contributed by atoms with Crippen LogP contribution in [0.3, 0.4) is 0 Å². The largest absolute Gasteiger partial charge is 1.00 e. The molecule has 1 atom stereocenters. The average Bonchev–Trinajstić information content (AvgIpc) is 2.33. The SMILES string of the molecule is CCC1CCCN1[S-](=O)=O.[Na+].[OH-]. The summed E-state index contributed by atoms with van der Waals surface area (Å²) in [5.74, 6) is 0. The van der Waals surface area contributed by atoms with Gasteiger partial charge in [0.1, 0.15) is 0 Å². The molecule has 4 nitrogen and oxygen atoms in total. The zero-order valence-electron chi connectivity index (χ0n) is 7.52. The topological polar surface area (TPSA) is 67.4 Å². The first-order valence-electron chi connectivity index (χ1n) is 3.61. The van der Waals surface area contributed by atoms with Gasteiger partial charge in [-0.1, -0.05) is 6.92 Å². The minimum atomic E-state index is -1.99. The molecule has 0 amide bonds. The Kier molecular flexibility index (Phi) is 9.32. The van der Waals surface area contributed by atoms with Gasteiger partial charge in [0.25, 0.3) is 0 Å². The molecule has 1 unspecified atom stereocenters. The summed E-state index contributed by atoms with van der Waals surface area (Å²) < 4.78 is 22.5. The maximum absolute atomic E-state index is 10.5. The molecule has 0 aromatic carbocycles. The van der Waals surface area contributed by atoms with E-state index in [-0.39, 0.29) is 41.1 Å². The normalized spacial score (nSPS) is 23.3. The van der Waals surface area contributed by atoms with Gasteiger partial charge < -0.3 is 18.2 Å². The molecule has 0 aliphatic carbocycles. The maximum atomic E-state index is 10.5. The van der Waals surface area contributed by atoms with Gasteiger partial charge in [-0.2, -0.15) is 0 Å². The van der Waals surface area contributed by atoms with Gasteiger partial charge in [0.15, 0.2) is 0 Å². The van der Waals surface area contributed by atoms with Crippen LogP contribution in [0.25, 0.3) is 0 Å². The molecule has 0 radical (unpaired) electrons. The van der Waals surface area contributed by atoms with Crippen molar-refractivity contribution in [3.8, 4) is 0 Å². The number of rotatable bonds is 2. The third-order valence-corrected chi connectivity index (χ3v) is 2.85. The molecule has 0 bridgehead atoms. The van der Waals surface area contributed by atoms with Gasteiger partial charge >= 0.3 is 29.6 Å². The second-order valence-electron chi connectivity index (χ2n) is 2.56. The Balaban J connectivity index is 0. The fraction of sp³-hybridized carbons (Fsp3) is 1.00. The molecule has 1 aliphatic heterocycles. The fourth-order valence-electron chi connectivity index (χ4n) is 1.41. The first-order chi connectivity index (χ1) is 4.75. The zero-order chi connectivity index (χ0) is 7.56. The second kappa shape index (κ2) is 7.29. The van der Waals surface area contributed by atoms with Crippen LogP contribution in [0.4, 0.5) is 0 Å². The summed E-state index contributed by atoms with van der Waals surface area (Å²) in [5, 5.41) is 0. The number of nitrogens with zero attached hydrogens (tertiary/aromatic N) is 1. The third kappa shape index (κ3) is 3.72. The molecule has 6 heteroatoms. The summed E-state index contributed by atoms with van der Waals surface area (Å²) in [6.07, 6.45) is 2.99. The van der Waals surface area contributed by atoms with Crippen molar-refractivity contribution in [1.82, 2.24) is 4.31 Å². The number of hydrogen-bond acceptors (Lipinski definition) is 4. The maximum Gasteiger partial charge on any atom is 1.00 e. The van der Waals surface area contributed by atoms with Crippen molar-refractivity contribution in [3.63, 3.8) is 0 Å². The summed E-state index contributed by atoms with van der Waals surface area (Å²) in [6.45, 7) is 2.74. The van der Waals surface area contributed by atoms with Gasteiger partial charge in [-0.3, -0.25) is 0 Å². The molecule has 1 N–H and O–H groups in total. The predicted molar refractivity (Wildman–Crippen MR) is 40.7 cm³/mol. The molecule has 68 valence electrons.